The van der Waals surface area contributed by atoms with Gasteiger partial charge in [0.1, 0.15) is 17.1 Å². The summed E-state index contributed by atoms with van der Waals surface area (Å²) in [5.74, 6) is 0.610. The van der Waals surface area contributed by atoms with Crippen molar-refractivity contribution in [2.45, 2.75) is 13.0 Å². The molecule has 2 aromatic heterocycles. The lowest BCUT2D eigenvalue weighted by molar-refractivity contribution is 0.471. The molecule has 0 aliphatic heterocycles. The van der Waals surface area contributed by atoms with E-state index in [2.05, 4.69) is 15.3 Å². The first-order valence-corrected chi connectivity index (χ1v) is 9.97. The Labute approximate surface area is 183 Å². The van der Waals surface area contributed by atoms with Gasteiger partial charge in [-0.25, -0.2) is 4.98 Å². The van der Waals surface area contributed by atoms with Gasteiger partial charge in [0.25, 0.3) is 0 Å². The highest BCUT2D eigenvalue weighted by atomic mass is 35.5. The number of benzene rings is 2. The predicted molar refractivity (Wildman–Crippen MR) is 119 cm³/mol. The second-order valence-electron chi connectivity index (χ2n) is 6.65. The largest absolute Gasteiger partial charge is 0.505 e. The van der Waals surface area contributed by atoms with Crippen molar-refractivity contribution in [2.75, 3.05) is 5.32 Å². The van der Waals surface area contributed by atoms with Crippen molar-refractivity contribution in [1.29, 1.82) is 0 Å². The fourth-order valence-corrected chi connectivity index (χ4v) is 3.59. The molecule has 0 aliphatic carbocycles. The molecule has 0 saturated carbocycles. The highest BCUT2D eigenvalue weighted by Crippen LogP contribution is 2.37. The van der Waals surface area contributed by atoms with Gasteiger partial charge in [-0.15, -0.1) is 0 Å². The summed E-state index contributed by atoms with van der Waals surface area (Å²) in [6.07, 6.45) is 3.13. The molecule has 2 aromatic carbocycles. The molecule has 1 unspecified atom stereocenters. The molecule has 0 amide bonds. The van der Waals surface area contributed by atoms with Crippen LogP contribution >= 0.6 is 34.8 Å². The maximum Gasteiger partial charge on any atom is 0.147 e. The number of pyridine rings is 2. The normalized spacial score (nSPS) is 12.1. The van der Waals surface area contributed by atoms with Crippen LogP contribution in [0.3, 0.4) is 0 Å². The number of fused-ring (bicyclic) bond motifs is 1. The molecule has 146 valence electrons. The Morgan fingerprint density at radius 1 is 0.931 bits per heavy atom. The lowest BCUT2D eigenvalue weighted by Crippen LogP contribution is -2.14. The molecule has 0 spiro atoms. The lowest BCUT2D eigenvalue weighted by Gasteiger charge is -2.22. The average Bonchev–Trinajstić information content (AvgIpc) is 2.72. The van der Waals surface area contributed by atoms with Gasteiger partial charge in [0.15, 0.2) is 0 Å². The first-order chi connectivity index (χ1) is 13.9. The minimum absolute atomic E-state index is 0.0948. The molecule has 0 bridgehead atoms. The molecule has 4 rings (SSSR count). The van der Waals surface area contributed by atoms with Crippen molar-refractivity contribution < 1.29 is 5.11 Å². The summed E-state index contributed by atoms with van der Waals surface area (Å²) in [6, 6.07) is 14.5. The van der Waals surface area contributed by atoms with E-state index in [9.17, 15) is 5.11 Å². The molecular formula is C22H16Cl3N3O. The van der Waals surface area contributed by atoms with Crippen LogP contribution in [0.1, 0.15) is 22.7 Å². The quantitative estimate of drug-likeness (QED) is 0.363. The fraction of sp³-hybridized carbons (Fsp3) is 0.0909. The van der Waals surface area contributed by atoms with E-state index in [0.717, 1.165) is 16.5 Å². The number of nitrogens with zero attached hydrogens (tertiary/aromatic N) is 2. The molecule has 0 fully saturated rings. The second-order valence-corrected chi connectivity index (χ2v) is 7.87. The van der Waals surface area contributed by atoms with E-state index < -0.39 is 6.04 Å². The third-order valence-electron chi connectivity index (χ3n) is 4.72. The Balaban J connectivity index is 1.86. The topological polar surface area (TPSA) is 58.0 Å². The van der Waals surface area contributed by atoms with Crippen molar-refractivity contribution in [3.8, 4) is 5.75 Å². The zero-order valence-electron chi connectivity index (χ0n) is 15.3. The van der Waals surface area contributed by atoms with Crippen molar-refractivity contribution in [3.05, 3.63) is 92.7 Å². The van der Waals surface area contributed by atoms with Gasteiger partial charge in [0, 0.05) is 34.4 Å². The lowest BCUT2D eigenvalue weighted by atomic mass is 9.95. The third-order valence-corrected chi connectivity index (χ3v) is 5.84. The summed E-state index contributed by atoms with van der Waals surface area (Å²) in [4.78, 5) is 8.63. The minimum atomic E-state index is -0.441. The summed E-state index contributed by atoms with van der Waals surface area (Å²) in [5, 5.41) is 16.5. The maximum absolute atomic E-state index is 11.0. The van der Waals surface area contributed by atoms with E-state index in [1.54, 1.807) is 12.3 Å². The van der Waals surface area contributed by atoms with Crippen molar-refractivity contribution in [1.82, 2.24) is 9.97 Å². The number of phenolic OH excluding ortho intramolecular Hbond substituents is 1. The van der Waals surface area contributed by atoms with Crippen LogP contribution in [0.2, 0.25) is 15.1 Å². The van der Waals surface area contributed by atoms with Gasteiger partial charge < -0.3 is 10.4 Å². The molecule has 2 N–H and O–H groups in total. The van der Waals surface area contributed by atoms with Gasteiger partial charge in [0.2, 0.25) is 0 Å². The first-order valence-electron chi connectivity index (χ1n) is 8.84. The predicted octanol–water partition coefficient (Wildman–Crippen LogP) is 6.81. The van der Waals surface area contributed by atoms with Gasteiger partial charge in [-0.05, 0) is 30.2 Å². The minimum Gasteiger partial charge on any atom is -0.505 e. The number of nitrogens with one attached hydrogen (secondary N) is 1. The molecule has 4 nitrogen and oxygen atoms in total. The summed E-state index contributed by atoms with van der Waals surface area (Å²) < 4.78 is 0. The van der Waals surface area contributed by atoms with Gasteiger partial charge in [-0.1, -0.05) is 65.1 Å². The van der Waals surface area contributed by atoms with E-state index in [1.165, 1.54) is 6.20 Å². The van der Waals surface area contributed by atoms with Crippen LogP contribution in [0.15, 0.2) is 60.9 Å². The summed E-state index contributed by atoms with van der Waals surface area (Å²) in [6.45, 7) is 1.94. The zero-order chi connectivity index (χ0) is 20.5. The smallest absolute Gasteiger partial charge is 0.147 e. The number of aromatic nitrogens is 2. The molecular weight excluding hydrogens is 429 g/mol. The maximum atomic E-state index is 11.0. The van der Waals surface area contributed by atoms with Crippen LogP contribution in [-0.4, -0.2) is 15.1 Å². The van der Waals surface area contributed by atoms with Gasteiger partial charge >= 0.3 is 0 Å². The highest BCUT2D eigenvalue weighted by molar-refractivity contribution is 6.42. The first kappa shape index (κ1) is 19.8. The fourth-order valence-electron chi connectivity index (χ4n) is 3.15. The summed E-state index contributed by atoms with van der Waals surface area (Å²) in [5.41, 5.74) is 2.99. The van der Waals surface area contributed by atoms with Crippen LogP contribution < -0.4 is 5.32 Å². The number of hydrogen-bond acceptors (Lipinski definition) is 4. The van der Waals surface area contributed by atoms with Gasteiger partial charge in [-0.2, -0.15) is 0 Å². The number of rotatable bonds is 4. The standard InChI is InChI=1S/C22H16Cl3N3O/c1-12-4-5-14(9-16(12)23)20(28-19-10-17(24)18(25)11-27-19)15-7-6-13-3-2-8-26-21(13)22(15)29/h2-11,20,29H,1H3,(H,27,28). The monoisotopic (exact) mass is 443 g/mol. The second kappa shape index (κ2) is 8.07. The van der Waals surface area contributed by atoms with Crippen LogP contribution in [0.5, 0.6) is 5.75 Å². The summed E-state index contributed by atoms with van der Waals surface area (Å²) in [7, 11) is 0. The Morgan fingerprint density at radius 2 is 1.76 bits per heavy atom. The Hall–Kier alpha value is -2.53. The van der Waals surface area contributed by atoms with Crippen molar-refractivity contribution in [3.63, 3.8) is 0 Å². The van der Waals surface area contributed by atoms with Gasteiger partial charge in [-0.3, -0.25) is 4.98 Å². The average molecular weight is 445 g/mol. The number of phenols is 1. The molecule has 7 heteroatoms. The molecule has 2 heterocycles. The van der Waals surface area contributed by atoms with E-state index in [0.29, 0.717) is 32.0 Å². The van der Waals surface area contributed by atoms with Crippen LogP contribution in [-0.2, 0) is 0 Å². The molecule has 29 heavy (non-hydrogen) atoms. The molecule has 4 aromatic rings. The molecule has 0 aliphatic rings. The van der Waals surface area contributed by atoms with E-state index >= 15 is 0 Å². The van der Waals surface area contributed by atoms with E-state index in [1.807, 2.05) is 49.4 Å². The molecule has 0 saturated heterocycles. The number of aryl methyl sites for hydroxylation is 1. The SMILES string of the molecule is Cc1ccc(C(Nc2cc(Cl)c(Cl)cn2)c2ccc3cccnc3c2O)cc1Cl. The van der Waals surface area contributed by atoms with E-state index in [-0.39, 0.29) is 5.75 Å². The van der Waals surface area contributed by atoms with Gasteiger partial charge in [0.05, 0.1) is 16.1 Å². The van der Waals surface area contributed by atoms with Crippen LogP contribution in [0.25, 0.3) is 10.9 Å². The Morgan fingerprint density at radius 3 is 2.52 bits per heavy atom. The van der Waals surface area contributed by atoms with E-state index in [4.69, 9.17) is 34.8 Å². The Kier molecular flexibility index (Phi) is 5.50. The van der Waals surface area contributed by atoms with Crippen molar-refractivity contribution in [2.24, 2.45) is 0 Å². The van der Waals surface area contributed by atoms with Crippen LogP contribution in [0, 0.1) is 6.92 Å². The highest BCUT2D eigenvalue weighted by Gasteiger charge is 2.21. The van der Waals surface area contributed by atoms with Crippen LogP contribution in [0.4, 0.5) is 5.82 Å². The molecule has 0 radical (unpaired) electrons. The molecule has 1 atom stereocenters. The number of anilines is 1. The Bertz CT molecular complexity index is 1210. The summed E-state index contributed by atoms with van der Waals surface area (Å²) >= 11 is 18.5. The number of hydrogen-bond donors (Lipinski definition) is 2. The van der Waals surface area contributed by atoms with Crippen molar-refractivity contribution >= 4 is 51.5 Å². The zero-order valence-corrected chi connectivity index (χ0v) is 17.6. The number of halogens is 3. The third kappa shape index (κ3) is 3.97. The number of aromatic hydroxyl groups is 1.